The number of anilines is 1. The summed E-state index contributed by atoms with van der Waals surface area (Å²) in [5.74, 6) is -0.0930. The molecular formula is C25H19FN2O4. The van der Waals surface area contributed by atoms with Gasteiger partial charge in [-0.3, -0.25) is 14.5 Å². The fraction of sp³-hybridized carbons (Fsp3) is 0.160. The van der Waals surface area contributed by atoms with Crippen LogP contribution in [0.3, 0.4) is 0 Å². The lowest BCUT2D eigenvalue weighted by atomic mass is 9.98. The van der Waals surface area contributed by atoms with Crippen molar-refractivity contribution < 1.29 is 18.3 Å². The molecule has 0 saturated heterocycles. The number of pyridine rings is 1. The van der Waals surface area contributed by atoms with Crippen LogP contribution in [0.5, 0.6) is 5.75 Å². The Labute approximate surface area is 182 Å². The lowest BCUT2D eigenvalue weighted by Crippen LogP contribution is -2.30. The standard InChI is InChI=1S/C25H19FN2O4/c1-2-12-31-17-7-5-6-15(13-17)22-21-23(29)18-14-16(26)9-10-19(18)32-24(21)25(30)28(22)20-8-3-4-11-27-20/h3-11,13-14,22H,2,12H2,1H3/t22-/m1/s1. The summed E-state index contributed by atoms with van der Waals surface area (Å²) in [6.45, 7) is 2.55. The van der Waals surface area contributed by atoms with Gasteiger partial charge in [-0.1, -0.05) is 25.1 Å². The molecule has 2 aromatic heterocycles. The van der Waals surface area contributed by atoms with Crippen molar-refractivity contribution in [3.05, 3.63) is 99.8 Å². The number of benzene rings is 2. The number of carbonyl (C=O) groups is 1. The number of ether oxygens (including phenoxy) is 1. The Kier molecular flexibility index (Phi) is 4.93. The van der Waals surface area contributed by atoms with Crippen LogP contribution in [0.15, 0.2) is 76.1 Å². The Balaban J connectivity index is 1.76. The molecule has 2 aromatic carbocycles. The lowest BCUT2D eigenvalue weighted by Gasteiger charge is -2.24. The van der Waals surface area contributed by atoms with Gasteiger partial charge in [0.1, 0.15) is 23.0 Å². The summed E-state index contributed by atoms with van der Waals surface area (Å²) in [6, 6.07) is 15.3. The second-order valence-electron chi connectivity index (χ2n) is 7.50. The van der Waals surface area contributed by atoms with Crippen molar-refractivity contribution in [3.8, 4) is 5.75 Å². The summed E-state index contributed by atoms with van der Waals surface area (Å²) in [6.07, 6.45) is 2.42. The average molecular weight is 430 g/mol. The molecule has 0 fully saturated rings. The maximum absolute atomic E-state index is 13.9. The van der Waals surface area contributed by atoms with Crippen LogP contribution in [0, 0.1) is 5.82 Å². The van der Waals surface area contributed by atoms with Crippen LogP contribution in [0.1, 0.15) is 41.1 Å². The number of carbonyl (C=O) groups excluding carboxylic acids is 1. The second kappa shape index (κ2) is 7.92. The van der Waals surface area contributed by atoms with E-state index >= 15 is 0 Å². The van der Waals surface area contributed by atoms with Gasteiger partial charge in [0.25, 0.3) is 5.91 Å². The Bertz CT molecular complexity index is 1380. The Morgan fingerprint density at radius 1 is 1.09 bits per heavy atom. The minimum absolute atomic E-state index is 0.0651. The minimum atomic E-state index is -0.790. The number of halogens is 1. The van der Waals surface area contributed by atoms with Crippen molar-refractivity contribution in [2.45, 2.75) is 19.4 Å². The molecule has 0 N–H and O–H groups in total. The minimum Gasteiger partial charge on any atom is -0.494 e. The zero-order valence-electron chi connectivity index (χ0n) is 17.2. The Hall–Kier alpha value is -4.00. The number of hydrogen-bond acceptors (Lipinski definition) is 5. The summed E-state index contributed by atoms with van der Waals surface area (Å²) in [7, 11) is 0. The van der Waals surface area contributed by atoms with Gasteiger partial charge < -0.3 is 9.15 Å². The highest BCUT2D eigenvalue weighted by Crippen LogP contribution is 2.41. The molecule has 0 saturated carbocycles. The molecule has 1 aliphatic heterocycles. The highest BCUT2D eigenvalue weighted by Gasteiger charge is 2.44. The monoisotopic (exact) mass is 430 g/mol. The van der Waals surface area contributed by atoms with Gasteiger partial charge in [-0.25, -0.2) is 9.37 Å². The van der Waals surface area contributed by atoms with E-state index in [4.69, 9.17) is 9.15 Å². The van der Waals surface area contributed by atoms with Gasteiger partial charge in [0.15, 0.2) is 5.43 Å². The maximum atomic E-state index is 13.9. The third kappa shape index (κ3) is 3.22. The van der Waals surface area contributed by atoms with E-state index in [1.807, 2.05) is 25.1 Å². The van der Waals surface area contributed by atoms with Gasteiger partial charge in [0.2, 0.25) is 5.76 Å². The molecule has 0 bridgehead atoms. The first-order valence-electron chi connectivity index (χ1n) is 10.3. The molecule has 1 amide bonds. The van der Waals surface area contributed by atoms with Crippen LogP contribution in [-0.4, -0.2) is 17.5 Å². The second-order valence-corrected chi connectivity index (χ2v) is 7.50. The molecule has 6 nitrogen and oxygen atoms in total. The van der Waals surface area contributed by atoms with Gasteiger partial charge in [-0.15, -0.1) is 0 Å². The SMILES string of the molecule is CCCOc1cccc([C@@H]2c3c(oc4ccc(F)cc4c3=O)C(=O)N2c2ccccn2)c1. The molecule has 4 aromatic rings. The first-order valence-corrected chi connectivity index (χ1v) is 10.3. The van der Waals surface area contributed by atoms with Crippen LogP contribution >= 0.6 is 0 Å². The maximum Gasteiger partial charge on any atom is 0.296 e. The van der Waals surface area contributed by atoms with Crippen molar-refractivity contribution >= 4 is 22.7 Å². The van der Waals surface area contributed by atoms with Crippen LogP contribution in [0.2, 0.25) is 0 Å². The molecular weight excluding hydrogens is 411 g/mol. The van der Waals surface area contributed by atoms with E-state index in [2.05, 4.69) is 4.98 Å². The number of rotatable bonds is 5. The third-order valence-corrected chi connectivity index (χ3v) is 5.37. The van der Waals surface area contributed by atoms with Crippen molar-refractivity contribution in [2.24, 2.45) is 0 Å². The number of amides is 1. The highest BCUT2D eigenvalue weighted by molar-refractivity contribution is 6.10. The van der Waals surface area contributed by atoms with E-state index < -0.39 is 23.2 Å². The molecule has 5 rings (SSSR count). The predicted octanol–water partition coefficient (Wildman–Crippen LogP) is 4.87. The molecule has 7 heteroatoms. The predicted molar refractivity (Wildman–Crippen MR) is 118 cm³/mol. The highest BCUT2D eigenvalue weighted by atomic mass is 19.1. The third-order valence-electron chi connectivity index (χ3n) is 5.37. The smallest absolute Gasteiger partial charge is 0.296 e. The van der Waals surface area contributed by atoms with E-state index in [0.717, 1.165) is 12.5 Å². The van der Waals surface area contributed by atoms with Gasteiger partial charge in [-0.05, 0) is 54.4 Å². The summed E-state index contributed by atoms with van der Waals surface area (Å²) in [5, 5.41) is 0.0859. The number of hydrogen-bond donors (Lipinski definition) is 0. The zero-order valence-corrected chi connectivity index (χ0v) is 17.2. The Morgan fingerprint density at radius 3 is 2.75 bits per heavy atom. The number of fused-ring (bicyclic) bond motifs is 2. The first kappa shape index (κ1) is 19.9. The largest absolute Gasteiger partial charge is 0.494 e. The molecule has 160 valence electrons. The molecule has 1 aliphatic rings. The summed E-state index contributed by atoms with van der Waals surface area (Å²) in [4.78, 5) is 32.7. The van der Waals surface area contributed by atoms with E-state index in [0.29, 0.717) is 23.7 Å². The molecule has 0 unspecified atom stereocenters. The fourth-order valence-corrected chi connectivity index (χ4v) is 3.99. The summed E-state index contributed by atoms with van der Waals surface area (Å²) < 4.78 is 25.5. The van der Waals surface area contributed by atoms with Crippen LogP contribution in [-0.2, 0) is 0 Å². The van der Waals surface area contributed by atoms with Crippen molar-refractivity contribution in [2.75, 3.05) is 11.5 Å². The number of aromatic nitrogens is 1. The van der Waals surface area contributed by atoms with Crippen LogP contribution < -0.4 is 15.1 Å². The average Bonchev–Trinajstić information content (AvgIpc) is 3.11. The zero-order chi connectivity index (χ0) is 22.2. The molecule has 0 spiro atoms. The van der Waals surface area contributed by atoms with E-state index in [1.54, 1.807) is 30.5 Å². The molecule has 32 heavy (non-hydrogen) atoms. The van der Waals surface area contributed by atoms with E-state index in [-0.39, 0.29) is 22.3 Å². The van der Waals surface area contributed by atoms with Crippen molar-refractivity contribution in [1.82, 2.24) is 4.98 Å². The van der Waals surface area contributed by atoms with Gasteiger partial charge in [-0.2, -0.15) is 0 Å². The van der Waals surface area contributed by atoms with Gasteiger partial charge in [0.05, 0.1) is 23.6 Å². The van der Waals surface area contributed by atoms with Gasteiger partial charge >= 0.3 is 0 Å². The molecule has 0 radical (unpaired) electrons. The van der Waals surface area contributed by atoms with Crippen LogP contribution in [0.4, 0.5) is 10.2 Å². The number of nitrogens with zero attached hydrogens (tertiary/aromatic N) is 2. The first-order chi connectivity index (χ1) is 15.6. The lowest BCUT2D eigenvalue weighted by molar-refractivity contribution is 0.0970. The fourth-order valence-electron chi connectivity index (χ4n) is 3.99. The van der Waals surface area contributed by atoms with Crippen molar-refractivity contribution in [3.63, 3.8) is 0 Å². The topological polar surface area (TPSA) is 72.6 Å². The van der Waals surface area contributed by atoms with Crippen molar-refractivity contribution in [1.29, 1.82) is 0 Å². The molecule has 3 heterocycles. The summed E-state index contributed by atoms with van der Waals surface area (Å²) in [5.41, 5.74) is 0.536. The quantitative estimate of drug-likeness (QED) is 0.452. The van der Waals surface area contributed by atoms with E-state index in [1.165, 1.54) is 17.0 Å². The van der Waals surface area contributed by atoms with Crippen LogP contribution in [0.25, 0.3) is 11.0 Å². The molecule has 1 atom stereocenters. The van der Waals surface area contributed by atoms with E-state index in [9.17, 15) is 14.0 Å². The normalized spacial score (nSPS) is 15.2. The summed E-state index contributed by atoms with van der Waals surface area (Å²) >= 11 is 0. The molecule has 0 aliphatic carbocycles. The Morgan fingerprint density at radius 2 is 1.97 bits per heavy atom. The van der Waals surface area contributed by atoms with Gasteiger partial charge in [0, 0.05) is 6.20 Å².